The number of carbonyl (C=O) groups excluding carboxylic acids is 1. The van der Waals surface area contributed by atoms with Crippen LogP contribution in [0.15, 0.2) is 83.0 Å². The third-order valence-corrected chi connectivity index (χ3v) is 7.84. The van der Waals surface area contributed by atoms with Crippen molar-refractivity contribution in [3.05, 3.63) is 89.5 Å². The first-order chi connectivity index (χ1) is 20.7. The lowest BCUT2D eigenvalue weighted by molar-refractivity contribution is 0.0734. The number of rotatable bonds is 21. The highest BCUT2D eigenvalue weighted by Gasteiger charge is 2.09. The van der Waals surface area contributed by atoms with Crippen molar-refractivity contribution in [3.63, 3.8) is 0 Å². The highest BCUT2D eigenvalue weighted by molar-refractivity contribution is 5.91. The average Bonchev–Trinajstić information content (AvgIpc) is 3.02. The highest BCUT2D eigenvalue weighted by atomic mass is 16.5. The zero-order valence-electron chi connectivity index (χ0n) is 26.2. The van der Waals surface area contributed by atoms with Crippen LogP contribution in [-0.4, -0.2) is 5.97 Å². The quantitative estimate of drug-likeness (QED) is 0.0555. The molecular formula is C38H52N2O2. The molecular weight excluding hydrogens is 516 g/mol. The molecule has 0 fully saturated rings. The molecule has 3 aromatic carbocycles. The molecule has 0 amide bonds. The molecule has 4 nitrogen and oxygen atoms in total. The maximum atomic E-state index is 12.5. The maximum absolute atomic E-state index is 12.5. The van der Waals surface area contributed by atoms with E-state index < -0.39 is 0 Å². The lowest BCUT2D eigenvalue weighted by atomic mass is 10.0. The molecule has 0 unspecified atom stereocenters. The SMILES string of the molecule is CCCCCCCCCCCCCCc1ccc(N=Nc2ccc(OC(=O)c3ccc(CCCCC)cc3)cc2)cc1. The summed E-state index contributed by atoms with van der Waals surface area (Å²) in [5, 5.41) is 8.72. The van der Waals surface area contributed by atoms with E-state index in [0.717, 1.165) is 18.5 Å². The van der Waals surface area contributed by atoms with Gasteiger partial charge in [-0.1, -0.05) is 122 Å². The molecule has 0 heterocycles. The first-order valence-corrected chi connectivity index (χ1v) is 16.6. The van der Waals surface area contributed by atoms with Gasteiger partial charge in [0.05, 0.1) is 16.9 Å². The second-order valence-electron chi connectivity index (χ2n) is 11.5. The lowest BCUT2D eigenvalue weighted by Gasteiger charge is -2.06. The largest absolute Gasteiger partial charge is 0.423 e. The Bertz CT molecular complexity index is 1150. The van der Waals surface area contributed by atoms with Gasteiger partial charge in [0.2, 0.25) is 0 Å². The Labute approximate surface area is 255 Å². The number of carbonyl (C=O) groups is 1. The second-order valence-corrected chi connectivity index (χ2v) is 11.5. The summed E-state index contributed by atoms with van der Waals surface area (Å²) in [4.78, 5) is 12.5. The van der Waals surface area contributed by atoms with Crippen molar-refractivity contribution in [2.45, 2.75) is 123 Å². The summed E-state index contributed by atoms with van der Waals surface area (Å²) in [5.74, 6) is 0.140. The smallest absolute Gasteiger partial charge is 0.343 e. The van der Waals surface area contributed by atoms with Crippen molar-refractivity contribution >= 4 is 17.3 Å². The highest BCUT2D eigenvalue weighted by Crippen LogP contribution is 2.23. The van der Waals surface area contributed by atoms with E-state index in [1.807, 2.05) is 48.5 Å². The molecule has 3 aromatic rings. The van der Waals surface area contributed by atoms with Crippen molar-refractivity contribution in [1.82, 2.24) is 0 Å². The normalized spacial score (nSPS) is 11.3. The molecule has 0 radical (unpaired) electrons. The van der Waals surface area contributed by atoms with Gasteiger partial charge in [0.15, 0.2) is 0 Å². The number of hydrogen-bond donors (Lipinski definition) is 0. The molecule has 4 heteroatoms. The van der Waals surface area contributed by atoms with Gasteiger partial charge in [-0.2, -0.15) is 10.2 Å². The lowest BCUT2D eigenvalue weighted by Crippen LogP contribution is -2.08. The van der Waals surface area contributed by atoms with Crippen molar-refractivity contribution in [1.29, 1.82) is 0 Å². The molecule has 226 valence electrons. The van der Waals surface area contributed by atoms with Crippen LogP contribution in [0.5, 0.6) is 5.75 Å². The number of esters is 1. The predicted octanol–water partition coefficient (Wildman–Crippen LogP) is 12.3. The van der Waals surface area contributed by atoms with Crippen molar-refractivity contribution < 1.29 is 9.53 Å². The van der Waals surface area contributed by atoms with Crippen LogP contribution in [0.3, 0.4) is 0 Å². The molecule has 0 aliphatic carbocycles. The molecule has 0 aromatic heterocycles. The zero-order valence-corrected chi connectivity index (χ0v) is 26.2. The molecule has 0 aliphatic rings. The second kappa shape index (κ2) is 20.6. The number of unbranched alkanes of at least 4 members (excludes halogenated alkanes) is 13. The molecule has 0 spiro atoms. The molecule has 0 saturated heterocycles. The fourth-order valence-electron chi connectivity index (χ4n) is 5.15. The van der Waals surface area contributed by atoms with Crippen molar-refractivity contribution in [2.75, 3.05) is 0 Å². The number of benzene rings is 3. The average molecular weight is 569 g/mol. The summed E-state index contributed by atoms with van der Waals surface area (Å²) >= 11 is 0. The summed E-state index contributed by atoms with van der Waals surface area (Å²) in [5.41, 5.74) is 4.72. The number of ether oxygens (including phenoxy) is 1. The standard InChI is InChI=1S/C38H52N2O2/c1-3-5-7-8-9-10-11-12-13-14-15-17-19-33-22-26-35(27-23-33)39-40-36-28-30-37(31-29-36)42-38(41)34-24-20-32(21-25-34)18-16-6-4-2/h20-31H,3-19H2,1-2H3. The number of hydrogen-bond acceptors (Lipinski definition) is 4. The van der Waals surface area contributed by atoms with Crippen LogP contribution in [0.2, 0.25) is 0 Å². The van der Waals surface area contributed by atoms with Gasteiger partial charge in [-0.25, -0.2) is 4.79 Å². The Morgan fingerprint density at radius 2 is 0.881 bits per heavy atom. The van der Waals surface area contributed by atoms with Gasteiger partial charge < -0.3 is 4.74 Å². The Hall–Kier alpha value is -3.27. The molecule has 0 atom stereocenters. The van der Waals surface area contributed by atoms with Gasteiger partial charge >= 0.3 is 5.97 Å². The summed E-state index contributed by atoms with van der Waals surface area (Å²) in [6.45, 7) is 4.48. The van der Waals surface area contributed by atoms with Crippen molar-refractivity contribution in [3.8, 4) is 5.75 Å². The summed E-state index contributed by atoms with van der Waals surface area (Å²) in [6.07, 6.45) is 22.3. The molecule has 0 saturated carbocycles. The summed E-state index contributed by atoms with van der Waals surface area (Å²) in [7, 11) is 0. The molecule has 0 bridgehead atoms. The van der Waals surface area contributed by atoms with Crippen LogP contribution in [-0.2, 0) is 12.8 Å². The van der Waals surface area contributed by atoms with Crippen LogP contribution in [0.4, 0.5) is 11.4 Å². The Morgan fingerprint density at radius 3 is 1.38 bits per heavy atom. The van der Waals surface area contributed by atoms with Crippen LogP contribution < -0.4 is 4.74 Å². The number of azo groups is 1. The Balaban J connectivity index is 1.31. The van der Waals surface area contributed by atoms with Gasteiger partial charge in [-0.3, -0.25) is 0 Å². The monoisotopic (exact) mass is 568 g/mol. The van der Waals surface area contributed by atoms with E-state index in [9.17, 15) is 4.79 Å². The van der Waals surface area contributed by atoms with Gasteiger partial charge in [-0.05, 0) is 85.3 Å². The van der Waals surface area contributed by atoms with Crippen LogP contribution in [0, 0.1) is 0 Å². The summed E-state index contributed by atoms with van der Waals surface area (Å²) in [6, 6.07) is 23.2. The molecule has 0 aliphatic heterocycles. The van der Waals surface area contributed by atoms with Crippen LogP contribution in [0.1, 0.15) is 132 Å². The van der Waals surface area contributed by atoms with Crippen LogP contribution >= 0.6 is 0 Å². The maximum Gasteiger partial charge on any atom is 0.343 e. The van der Waals surface area contributed by atoms with E-state index in [1.54, 1.807) is 12.1 Å². The van der Waals surface area contributed by atoms with E-state index in [1.165, 1.54) is 107 Å². The van der Waals surface area contributed by atoms with Gasteiger partial charge in [0.25, 0.3) is 0 Å². The van der Waals surface area contributed by atoms with Gasteiger partial charge in [-0.15, -0.1) is 0 Å². The van der Waals surface area contributed by atoms with E-state index in [4.69, 9.17) is 4.74 Å². The fourth-order valence-corrected chi connectivity index (χ4v) is 5.15. The number of aryl methyl sites for hydroxylation is 2. The first kappa shape index (κ1) is 33.2. The van der Waals surface area contributed by atoms with E-state index in [0.29, 0.717) is 17.0 Å². The topological polar surface area (TPSA) is 51.0 Å². The minimum Gasteiger partial charge on any atom is -0.423 e. The van der Waals surface area contributed by atoms with E-state index in [-0.39, 0.29) is 5.97 Å². The summed E-state index contributed by atoms with van der Waals surface area (Å²) < 4.78 is 5.54. The molecule has 3 rings (SSSR count). The zero-order chi connectivity index (χ0) is 29.7. The minimum absolute atomic E-state index is 0.354. The van der Waals surface area contributed by atoms with E-state index in [2.05, 4.69) is 36.2 Å². The third-order valence-electron chi connectivity index (χ3n) is 7.84. The third kappa shape index (κ3) is 13.6. The van der Waals surface area contributed by atoms with Gasteiger partial charge in [0.1, 0.15) is 5.75 Å². The minimum atomic E-state index is -0.354. The molecule has 42 heavy (non-hydrogen) atoms. The van der Waals surface area contributed by atoms with Gasteiger partial charge in [0, 0.05) is 0 Å². The van der Waals surface area contributed by atoms with Crippen molar-refractivity contribution in [2.24, 2.45) is 10.2 Å². The van der Waals surface area contributed by atoms with Crippen LogP contribution in [0.25, 0.3) is 0 Å². The number of nitrogens with zero attached hydrogens (tertiary/aromatic N) is 2. The predicted molar refractivity (Wildman–Crippen MR) is 176 cm³/mol. The van der Waals surface area contributed by atoms with E-state index >= 15 is 0 Å². The Kier molecular flexibility index (Phi) is 16.3. The molecule has 0 N–H and O–H groups in total. The first-order valence-electron chi connectivity index (χ1n) is 16.6. The Morgan fingerprint density at radius 1 is 0.500 bits per heavy atom. The fraction of sp³-hybridized carbons (Fsp3) is 0.500.